The Hall–Kier alpha value is -3.06. The third-order valence-corrected chi connectivity index (χ3v) is 4.33. The molecule has 1 aliphatic heterocycles. The molecule has 0 saturated carbocycles. The summed E-state index contributed by atoms with van der Waals surface area (Å²) < 4.78 is 28.7. The Morgan fingerprint density at radius 2 is 1.96 bits per heavy atom. The van der Waals surface area contributed by atoms with Gasteiger partial charge in [-0.2, -0.15) is 5.10 Å². The fraction of sp³-hybridized carbons (Fsp3) is 0.158. The van der Waals surface area contributed by atoms with E-state index in [4.69, 9.17) is 0 Å². The minimum absolute atomic E-state index is 0.115. The number of amides is 1. The average Bonchev–Trinajstić information content (AvgIpc) is 3.11. The fourth-order valence-electron chi connectivity index (χ4n) is 2.98. The molecule has 0 bridgehead atoms. The van der Waals surface area contributed by atoms with Crippen molar-refractivity contribution in [3.05, 3.63) is 77.5 Å². The molecule has 0 unspecified atom stereocenters. The zero-order valence-corrected chi connectivity index (χ0v) is 13.7. The number of fused-ring (bicyclic) bond motifs is 1. The van der Waals surface area contributed by atoms with Gasteiger partial charge in [0, 0.05) is 17.7 Å². The summed E-state index contributed by atoms with van der Waals surface area (Å²) in [4.78, 5) is 12.1. The highest BCUT2D eigenvalue weighted by Crippen LogP contribution is 2.23. The SMILES string of the molecule is O=C1NC[C@@H](NCc2cc(F)ccc2F)n2nc(-c3ccccc3)cc21. The topological polar surface area (TPSA) is 59.0 Å². The number of hydrogen-bond acceptors (Lipinski definition) is 3. The average molecular weight is 354 g/mol. The van der Waals surface area contributed by atoms with Crippen molar-refractivity contribution >= 4 is 5.91 Å². The maximum Gasteiger partial charge on any atom is 0.269 e. The molecule has 2 N–H and O–H groups in total. The van der Waals surface area contributed by atoms with Gasteiger partial charge in [-0.1, -0.05) is 30.3 Å². The summed E-state index contributed by atoms with van der Waals surface area (Å²) in [7, 11) is 0. The third kappa shape index (κ3) is 3.09. The summed E-state index contributed by atoms with van der Waals surface area (Å²) in [6.45, 7) is 0.419. The van der Waals surface area contributed by atoms with Gasteiger partial charge >= 0.3 is 0 Å². The first-order valence-corrected chi connectivity index (χ1v) is 8.22. The van der Waals surface area contributed by atoms with E-state index in [1.54, 1.807) is 10.7 Å². The molecule has 0 saturated heterocycles. The van der Waals surface area contributed by atoms with Gasteiger partial charge in [0.25, 0.3) is 5.91 Å². The first-order valence-electron chi connectivity index (χ1n) is 8.22. The van der Waals surface area contributed by atoms with E-state index in [9.17, 15) is 13.6 Å². The number of rotatable bonds is 4. The zero-order valence-electron chi connectivity index (χ0n) is 13.7. The predicted octanol–water partition coefficient (Wildman–Crippen LogP) is 2.86. The molecule has 5 nitrogen and oxygen atoms in total. The molecule has 0 radical (unpaired) electrons. The van der Waals surface area contributed by atoms with Crippen LogP contribution in [0.15, 0.2) is 54.6 Å². The molecular formula is C19H16F2N4O. The molecule has 7 heteroatoms. The van der Waals surface area contributed by atoms with Crippen molar-refractivity contribution in [3.63, 3.8) is 0 Å². The van der Waals surface area contributed by atoms with Gasteiger partial charge in [0.2, 0.25) is 0 Å². The van der Waals surface area contributed by atoms with E-state index < -0.39 is 11.6 Å². The van der Waals surface area contributed by atoms with E-state index in [1.807, 2.05) is 30.3 Å². The van der Waals surface area contributed by atoms with Crippen LogP contribution in [0, 0.1) is 11.6 Å². The number of hydrogen-bond donors (Lipinski definition) is 2. The Morgan fingerprint density at radius 1 is 1.15 bits per heavy atom. The number of nitrogens with zero attached hydrogens (tertiary/aromatic N) is 2. The summed E-state index contributed by atoms with van der Waals surface area (Å²) in [5.74, 6) is -1.19. The molecule has 2 heterocycles. The van der Waals surface area contributed by atoms with Crippen molar-refractivity contribution in [2.24, 2.45) is 0 Å². The Bertz CT molecular complexity index is 955. The van der Waals surface area contributed by atoms with Gasteiger partial charge in [0.15, 0.2) is 0 Å². The van der Waals surface area contributed by atoms with Crippen molar-refractivity contribution in [2.75, 3.05) is 6.54 Å². The number of carbonyl (C=O) groups excluding carboxylic acids is 1. The van der Waals surface area contributed by atoms with Crippen LogP contribution in [0.2, 0.25) is 0 Å². The molecule has 2 aromatic carbocycles. The van der Waals surface area contributed by atoms with Crippen LogP contribution in [-0.2, 0) is 6.54 Å². The molecule has 4 rings (SSSR count). The van der Waals surface area contributed by atoms with Crippen molar-refractivity contribution in [1.82, 2.24) is 20.4 Å². The second-order valence-corrected chi connectivity index (χ2v) is 6.07. The largest absolute Gasteiger partial charge is 0.347 e. The summed E-state index contributed by atoms with van der Waals surface area (Å²) in [5, 5.41) is 10.4. The lowest BCUT2D eigenvalue weighted by atomic mass is 10.1. The van der Waals surface area contributed by atoms with Crippen molar-refractivity contribution in [1.29, 1.82) is 0 Å². The first-order chi connectivity index (χ1) is 12.6. The van der Waals surface area contributed by atoms with E-state index in [0.29, 0.717) is 17.9 Å². The van der Waals surface area contributed by atoms with Crippen LogP contribution < -0.4 is 10.6 Å². The third-order valence-electron chi connectivity index (χ3n) is 4.33. The highest BCUT2D eigenvalue weighted by Gasteiger charge is 2.27. The quantitative estimate of drug-likeness (QED) is 0.757. The van der Waals surface area contributed by atoms with Crippen LogP contribution >= 0.6 is 0 Å². The highest BCUT2D eigenvalue weighted by molar-refractivity contribution is 5.94. The van der Waals surface area contributed by atoms with E-state index in [2.05, 4.69) is 15.7 Å². The second kappa shape index (κ2) is 6.68. The van der Waals surface area contributed by atoms with E-state index in [-0.39, 0.29) is 24.2 Å². The van der Waals surface area contributed by atoms with Crippen LogP contribution in [0.25, 0.3) is 11.3 Å². The molecule has 132 valence electrons. The summed E-state index contributed by atoms with van der Waals surface area (Å²) in [5.41, 5.74) is 2.23. The van der Waals surface area contributed by atoms with Gasteiger partial charge < -0.3 is 5.32 Å². The predicted molar refractivity (Wildman–Crippen MR) is 92.2 cm³/mol. The molecule has 3 aromatic rings. The molecule has 0 spiro atoms. The summed E-state index contributed by atoms with van der Waals surface area (Å²) in [6.07, 6.45) is -0.358. The van der Waals surface area contributed by atoms with Crippen LogP contribution in [0.5, 0.6) is 0 Å². The number of nitrogens with one attached hydrogen (secondary N) is 2. The van der Waals surface area contributed by atoms with Crippen LogP contribution in [0.4, 0.5) is 8.78 Å². The van der Waals surface area contributed by atoms with E-state index in [1.165, 1.54) is 0 Å². The Balaban J connectivity index is 1.60. The molecule has 1 aromatic heterocycles. The summed E-state index contributed by atoms with van der Waals surface area (Å²) >= 11 is 0. The van der Waals surface area contributed by atoms with Gasteiger partial charge in [-0.15, -0.1) is 0 Å². The monoisotopic (exact) mass is 354 g/mol. The van der Waals surface area contributed by atoms with E-state index >= 15 is 0 Å². The van der Waals surface area contributed by atoms with Gasteiger partial charge in [-0.05, 0) is 24.3 Å². The molecule has 1 aliphatic rings. The lowest BCUT2D eigenvalue weighted by Crippen LogP contribution is -2.45. The molecular weight excluding hydrogens is 338 g/mol. The van der Waals surface area contributed by atoms with Gasteiger partial charge in [0.1, 0.15) is 23.5 Å². The van der Waals surface area contributed by atoms with Crippen molar-refractivity contribution in [3.8, 4) is 11.3 Å². The minimum Gasteiger partial charge on any atom is -0.347 e. The standard InChI is InChI=1S/C19H16F2N4O/c20-14-6-7-15(21)13(8-14)10-22-18-11-23-19(26)17-9-16(24-25(17)18)12-4-2-1-3-5-12/h1-9,18,22H,10-11H2,(H,23,26)/t18-/m0/s1. The summed E-state index contributed by atoms with van der Waals surface area (Å²) in [6, 6.07) is 14.6. The molecule has 0 fully saturated rings. The van der Waals surface area contributed by atoms with Gasteiger partial charge in [0.05, 0.1) is 12.2 Å². The molecule has 1 amide bonds. The molecule has 26 heavy (non-hydrogen) atoms. The van der Waals surface area contributed by atoms with Gasteiger partial charge in [-0.3, -0.25) is 10.1 Å². The molecule has 0 aliphatic carbocycles. The van der Waals surface area contributed by atoms with Crippen LogP contribution in [0.3, 0.4) is 0 Å². The minimum atomic E-state index is -0.494. The number of aromatic nitrogens is 2. The normalized spacial score (nSPS) is 16.2. The Kier molecular flexibility index (Phi) is 4.22. The van der Waals surface area contributed by atoms with Crippen LogP contribution in [0.1, 0.15) is 22.2 Å². The maximum absolute atomic E-state index is 13.8. The van der Waals surface area contributed by atoms with Gasteiger partial charge in [-0.25, -0.2) is 13.5 Å². The molecule has 1 atom stereocenters. The van der Waals surface area contributed by atoms with Crippen molar-refractivity contribution in [2.45, 2.75) is 12.7 Å². The Labute approximate surface area is 148 Å². The fourth-order valence-corrected chi connectivity index (χ4v) is 2.98. The lowest BCUT2D eigenvalue weighted by Gasteiger charge is -2.26. The number of benzene rings is 2. The zero-order chi connectivity index (χ0) is 18.1. The van der Waals surface area contributed by atoms with E-state index in [0.717, 1.165) is 23.8 Å². The Morgan fingerprint density at radius 3 is 2.77 bits per heavy atom. The smallest absolute Gasteiger partial charge is 0.269 e. The maximum atomic E-state index is 13.8. The number of carbonyl (C=O) groups is 1. The van der Waals surface area contributed by atoms with Crippen molar-refractivity contribution < 1.29 is 13.6 Å². The number of halogens is 2. The lowest BCUT2D eigenvalue weighted by molar-refractivity contribution is 0.0900. The first kappa shape index (κ1) is 16.4. The second-order valence-electron chi connectivity index (χ2n) is 6.07. The van der Waals surface area contributed by atoms with Crippen LogP contribution in [-0.4, -0.2) is 22.2 Å². The highest BCUT2D eigenvalue weighted by atomic mass is 19.1.